The number of Topliss-reactive ketones (excluding diaryl/α,β-unsaturated/α-hetero) is 1. The van der Waals surface area contributed by atoms with Crippen LogP contribution in [0.4, 0.5) is 0 Å². The number of carbonyl (C=O) groups excluding carboxylic acids is 1. The molecule has 20 heavy (non-hydrogen) atoms. The van der Waals surface area contributed by atoms with Gasteiger partial charge in [-0.25, -0.2) is 4.98 Å². The molecule has 0 spiro atoms. The van der Waals surface area contributed by atoms with Gasteiger partial charge >= 0.3 is 0 Å². The first-order chi connectivity index (χ1) is 9.69. The van der Waals surface area contributed by atoms with E-state index in [4.69, 9.17) is 0 Å². The van der Waals surface area contributed by atoms with Gasteiger partial charge in [-0.05, 0) is 40.2 Å². The Bertz CT molecular complexity index is 797. The number of nitrogens with one attached hydrogen (secondary N) is 1. The van der Waals surface area contributed by atoms with Gasteiger partial charge in [-0.1, -0.05) is 12.1 Å². The Morgan fingerprint density at radius 3 is 2.80 bits per heavy atom. The second-order valence-corrected chi connectivity index (χ2v) is 6.63. The van der Waals surface area contributed by atoms with Crippen LogP contribution >= 0.6 is 27.3 Å². The number of halogens is 1. The number of H-pyrrole nitrogens is 1. The van der Waals surface area contributed by atoms with E-state index in [1.54, 1.807) is 12.1 Å². The van der Waals surface area contributed by atoms with Gasteiger partial charge in [0, 0.05) is 0 Å². The minimum absolute atomic E-state index is 0.234. The number of hydrogen-bond donors (Lipinski definition) is 1. The number of benzene rings is 1. The molecule has 2 aromatic heterocycles. The molecule has 0 saturated heterocycles. The third kappa shape index (κ3) is 2.26. The third-order valence-corrected chi connectivity index (χ3v) is 4.53. The summed E-state index contributed by atoms with van der Waals surface area (Å²) in [5.74, 6) is -0.751. The number of aromatic nitrogens is 2. The molecule has 0 bridgehead atoms. The highest BCUT2D eigenvalue weighted by atomic mass is 79.9. The van der Waals surface area contributed by atoms with E-state index in [0.717, 1.165) is 14.8 Å². The van der Waals surface area contributed by atoms with Crippen LogP contribution in [0.15, 0.2) is 40.2 Å². The second-order valence-electron chi connectivity index (χ2n) is 4.17. The molecule has 1 aromatic carbocycles. The van der Waals surface area contributed by atoms with Crippen LogP contribution < -0.4 is 0 Å². The lowest BCUT2D eigenvalue weighted by Crippen LogP contribution is -2.11. The lowest BCUT2D eigenvalue weighted by molar-refractivity contribution is 0.0980. The monoisotopic (exact) mass is 345 g/mol. The fourth-order valence-electron chi connectivity index (χ4n) is 1.94. The lowest BCUT2D eigenvalue weighted by Gasteiger charge is -2.02. The van der Waals surface area contributed by atoms with Crippen LogP contribution in [0.2, 0.25) is 0 Å². The Morgan fingerprint density at radius 1 is 1.35 bits per heavy atom. The molecule has 0 fully saturated rings. The van der Waals surface area contributed by atoms with Crippen molar-refractivity contribution in [2.45, 2.75) is 5.92 Å². The first-order valence-electron chi connectivity index (χ1n) is 5.83. The van der Waals surface area contributed by atoms with Gasteiger partial charge in [0.15, 0.2) is 11.7 Å². The summed E-state index contributed by atoms with van der Waals surface area (Å²) in [5, 5.41) is 9.31. The van der Waals surface area contributed by atoms with Crippen molar-refractivity contribution in [3.63, 3.8) is 0 Å². The van der Waals surface area contributed by atoms with Gasteiger partial charge in [0.25, 0.3) is 0 Å². The first-order valence-corrected chi connectivity index (χ1v) is 7.44. The number of nitriles is 1. The molecule has 0 saturated carbocycles. The highest BCUT2D eigenvalue weighted by Crippen LogP contribution is 2.27. The Morgan fingerprint density at radius 2 is 2.15 bits per heavy atom. The maximum absolute atomic E-state index is 12.4. The van der Waals surface area contributed by atoms with E-state index in [2.05, 4.69) is 25.9 Å². The van der Waals surface area contributed by atoms with Gasteiger partial charge in [-0.2, -0.15) is 5.26 Å². The molecule has 1 N–H and O–H groups in total. The standard InChI is InChI=1S/C14H8BrN3OS/c15-12-6-5-11(20-12)13(19)8(7-16)14-17-9-3-1-2-4-10(9)18-14/h1-6,8H,(H,17,18)/t8-/m1/s1. The maximum atomic E-state index is 12.4. The predicted octanol–water partition coefficient (Wildman–Crippen LogP) is 3.88. The second kappa shape index (κ2) is 5.19. The van der Waals surface area contributed by atoms with Crippen molar-refractivity contribution >= 4 is 44.1 Å². The van der Waals surface area contributed by atoms with E-state index in [0.29, 0.717) is 10.7 Å². The van der Waals surface area contributed by atoms with Crippen LogP contribution in [-0.2, 0) is 0 Å². The van der Waals surface area contributed by atoms with E-state index in [9.17, 15) is 10.1 Å². The third-order valence-electron chi connectivity index (χ3n) is 2.89. The maximum Gasteiger partial charge on any atom is 0.197 e. The van der Waals surface area contributed by atoms with Crippen LogP contribution in [0.3, 0.4) is 0 Å². The van der Waals surface area contributed by atoms with Crippen LogP contribution in [0, 0.1) is 11.3 Å². The normalized spacial score (nSPS) is 12.2. The van der Waals surface area contributed by atoms with Gasteiger partial charge < -0.3 is 4.98 Å². The molecule has 0 radical (unpaired) electrons. The molecule has 98 valence electrons. The first kappa shape index (κ1) is 13.0. The summed E-state index contributed by atoms with van der Waals surface area (Å²) >= 11 is 4.63. The predicted molar refractivity (Wildman–Crippen MR) is 80.8 cm³/mol. The molecule has 0 aliphatic heterocycles. The van der Waals surface area contributed by atoms with E-state index in [1.807, 2.05) is 30.3 Å². The van der Waals surface area contributed by atoms with Gasteiger partial charge in [-0.3, -0.25) is 4.79 Å². The van der Waals surface area contributed by atoms with Crippen LogP contribution in [0.25, 0.3) is 11.0 Å². The van der Waals surface area contributed by atoms with E-state index >= 15 is 0 Å². The number of rotatable bonds is 3. The fraction of sp³-hybridized carbons (Fsp3) is 0.0714. The smallest absolute Gasteiger partial charge is 0.197 e. The van der Waals surface area contributed by atoms with Crippen molar-refractivity contribution in [1.82, 2.24) is 9.97 Å². The number of nitrogens with zero attached hydrogens (tertiary/aromatic N) is 2. The number of hydrogen-bond acceptors (Lipinski definition) is 4. The number of carbonyl (C=O) groups is 1. The highest BCUT2D eigenvalue weighted by Gasteiger charge is 2.26. The van der Waals surface area contributed by atoms with Crippen molar-refractivity contribution in [3.05, 3.63) is 50.9 Å². The van der Waals surface area contributed by atoms with Gasteiger partial charge in [0.1, 0.15) is 5.82 Å². The van der Waals surface area contributed by atoms with Crippen molar-refractivity contribution in [2.75, 3.05) is 0 Å². The molecular formula is C14H8BrN3OS. The molecule has 4 nitrogen and oxygen atoms in total. The van der Waals surface area contributed by atoms with Crippen molar-refractivity contribution in [2.24, 2.45) is 0 Å². The van der Waals surface area contributed by atoms with Crippen LogP contribution in [0.1, 0.15) is 21.4 Å². The Balaban J connectivity index is 2.01. The van der Waals surface area contributed by atoms with Crippen molar-refractivity contribution in [3.8, 4) is 6.07 Å². The lowest BCUT2D eigenvalue weighted by atomic mass is 10.0. The quantitative estimate of drug-likeness (QED) is 0.732. The number of ketones is 1. The van der Waals surface area contributed by atoms with E-state index < -0.39 is 5.92 Å². The fourth-order valence-corrected chi connectivity index (χ4v) is 3.30. The number of imidazole rings is 1. The molecule has 0 unspecified atom stereocenters. The van der Waals surface area contributed by atoms with Gasteiger partial charge in [0.05, 0.1) is 25.8 Å². The molecule has 6 heteroatoms. The van der Waals surface area contributed by atoms with Gasteiger partial charge in [-0.15, -0.1) is 11.3 Å². The van der Waals surface area contributed by atoms with Gasteiger partial charge in [0.2, 0.25) is 0 Å². The zero-order valence-electron chi connectivity index (χ0n) is 10.1. The molecular weight excluding hydrogens is 338 g/mol. The average Bonchev–Trinajstić information content (AvgIpc) is 3.05. The summed E-state index contributed by atoms with van der Waals surface area (Å²) in [6, 6.07) is 13.0. The van der Waals surface area contributed by atoms with Crippen molar-refractivity contribution < 1.29 is 4.79 Å². The number of para-hydroxylation sites is 2. The summed E-state index contributed by atoms with van der Waals surface area (Å²) in [5.41, 5.74) is 1.57. The number of thiophene rings is 1. The topological polar surface area (TPSA) is 69.5 Å². The van der Waals surface area contributed by atoms with Crippen molar-refractivity contribution in [1.29, 1.82) is 5.26 Å². The van der Waals surface area contributed by atoms with E-state index in [-0.39, 0.29) is 5.78 Å². The minimum atomic E-state index is -0.909. The Hall–Kier alpha value is -1.97. The average molecular weight is 346 g/mol. The molecule has 0 aliphatic rings. The zero-order chi connectivity index (χ0) is 14.1. The molecule has 3 aromatic rings. The molecule has 1 atom stereocenters. The minimum Gasteiger partial charge on any atom is -0.340 e. The number of fused-ring (bicyclic) bond motifs is 1. The SMILES string of the molecule is N#C[C@H](C(=O)c1ccc(Br)s1)c1nc2ccccc2[nH]1. The molecule has 3 rings (SSSR count). The summed E-state index contributed by atoms with van der Waals surface area (Å²) in [4.78, 5) is 20.3. The number of aromatic amines is 1. The zero-order valence-corrected chi connectivity index (χ0v) is 12.5. The highest BCUT2D eigenvalue weighted by molar-refractivity contribution is 9.11. The summed E-state index contributed by atoms with van der Waals surface area (Å²) in [7, 11) is 0. The summed E-state index contributed by atoms with van der Waals surface area (Å²) < 4.78 is 0.863. The van der Waals surface area contributed by atoms with Crippen LogP contribution in [0.5, 0.6) is 0 Å². The van der Waals surface area contributed by atoms with E-state index in [1.165, 1.54) is 11.3 Å². The largest absolute Gasteiger partial charge is 0.340 e. The molecule has 0 amide bonds. The summed E-state index contributed by atoms with van der Waals surface area (Å²) in [6.45, 7) is 0. The summed E-state index contributed by atoms with van der Waals surface area (Å²) in [6.07, 6.45) is 0. The Kier molecular flexibility index (Phi) is 3.38. The Labute approximate surface area is 127 Å². The molecule has 2 heterocycles. The molecule has 0 aliphatic carbocycles. The van der Waals surface area contributed by atoms with Crippen LogP contribution in [-0.4, -0.2) is 15.8 Å².